The molecule has 1 unspecified atom stereocenters. The van der Waals surface area contributed by atoms with Crippen molar-refractivity contribution in [1.82, 2.24) is 20.2 Å². The largest absolute Gasteiger partial charge is 0.458 e. The number of nitrogens with one attached hydrogen (secondary N) is 1. The maximum absolute atomic E-state index is 6.10. The Morgan fingerprint density at radius 2 is 2.00 bits per heavy atom. The number of aromatic nitrogens is 4. The van der Waals surface area contributed by atoms with E-state index in [1.165, 1.54) is 0 Å². The first-order chi connectivity index (χ1) is 15.6. The van der Waals surface area contributed by atoms with Crippen LogP contribution in [0.1, 0.15) is 33.0 Å². The molecule has 0 amide bonds. The van der Waals surface area contributed by atoms with E-state index in [1.54, 1.807) is 13.3 Å². The Hall–Kier alpha value is -3.74. The monoisotopic (exact) mass is 430 g/mol. The highest BCUT2D eigenvalue weighted by molar-refractivity contribution is 5.97. The van der Waals surface area contributed by atoms with E-state index in [0.29, 0.717) is 29.6 Å². The van der Waals surface area contributed by atoms with Gasteiger partial charge in [-0.2, -0.15) is 5.10 Å². The Balaban J connectivity index is 0.00000141. The third-order valence-electron chi connectivity index (χ3n) is 4.80. The Kier molecular flexibility index (Phi) is 7.91. The number of nitrogens with zero attached hydrogens (tertiary/aromatic N) is 4. The molecular weight excluding hydrogens is 400 g/mol. The molecule has 0 saturated heterocycles. The molecule has 1 atom stereocenters. The first kappa shape index (κ1) is 22.9. The highest BCUT2D eigenvalue weighted by Crippen LogP contribution is 2.31. The van der Waals surface area contributed by atoms with Crippen LogP contribution in [0.15, 0.2) is 65.4 Å². The lowest BCUT2D eigenvalue weighted by Crippen LogP contribution is -2.00. The van der Waals surface area contributed by atoms with Crippen molar-refractivity contribution in [2.75, 3.05) is 12.8 Å². The van der Waals surface area contributed by atoms with E-state index in [2.05, 4.69) is 39.2 Å². The molecule has 0 spiro atoms. The van der Waals surface area contributed by atoms with Crippen molar-refractivity contribution >= 4 is 23.1 Å². The fourth-order valence-corrected chi connectivity index (χ4v) is 3.21. The molecule has 0 bridgehead atoms. The summed E-state index contributed by atoms with van der Waals surface area (Å²) in [6, 6.07) is 7.82. The van der Waals surface area contributed by atoms with E-state index < -0.39 is 0 Å². The van der Waals surface area contributed by atoms with Gasteiger partial charge in [-0.25, -0.2) is 9.97 Å². The average Bonchev–Trinajstić information content (AvgIpc) is 3.20. The smallest absolute Gasteiger partial charge is 0.187 e. The topological polar surface area (TPSA) is 102 Å². The van der Waals surface area contributed by atoms with Crippen LogP contribution in [0.4, 0.5) is 5.82 Å². The summed E-state index contributed by atoms with van der Waals surface area (Å²) in [6.07, 6.45) is 13.4. The maximum Gasteiger partial charge on any atom is 0.187 e. The number of ether oxygens (including phenoxy) is 1. The van der Waals surface area contributed by atoms with Crippen LogP contribution in [0.25, 0.3) is 22.3 Å². The first-order valence-corrected chi connectivity index (χ1v) is 10.9. The summed E-state index contributed by atoms with van der Waals surface area (Å²) < 4.78 is 5.97. The number of benzene rings is 1. The number of fused-ring (bicyclic) bond motifs is 1. The SMILES string of the molecule is CC.CN=C/C=C\Cc1nc(-c2ccc(OC3=CCC(C)C=C3)cc2)c2c(N)[nH]nc2n1. The van der Waals surface area contributed by atoms with Crippen molar-refractivity contribution in [1.29, 1.82) is 0 Å². The van der Waals surface area contributed by atoms with Gasteiger partial charge in [-0.3, -0.25) is 10.1 Å². The molecule has 3 aromatic rings. The standard InChI is InChI=1S/C23H24N6O.C2H6/c1-15-6-10-17(11-7-15)30-18-12-8-16(9-13-18)21-20-22(24)28-29-23(20)27-19(26-21)5-3-4-14-25-2;1-2/h3-4,6,8-15H,5,7H2,1-2H3,(H3,24,26,27,28,29);1-2H3/b4-3-,25-14?;. The van der Waals surface area contributed by atoms with Crippen LogP contribution < -0.4 is 10.5 Å². The van der Waals surface area contributed by atoms with E-state index in [9.17, 15) is 0 Å². The van der Waals surface area contributed by atoms with Crippen molar-refractivity contribution in [3.8, 4) is 17.0 Å². The van der Waals surface area contributed by atoms with Crippen molar-refractivity contribution in [3.05, 3.63) is 66.2 Å². The third kappa shape index (κ3) is 5.49. The number of H-pyrrole nitrogens is 1. The Labute approximate surface area is 188 Å². The van der Waals surface area contributed by atoms with Crippen molar-refractivity contribution in [2.45, 2.75) is 33.6 Å². The fourth-order valence-electron chi connectivity index (χ4n) is 3.21. The van der Waals surface area contributed by atoms with E-state index >= 15 is 0 Å². The van der Waals surface area contributed by atoms with Gasteiger partial charge in [0.2, 0.25) is 0 Å². The lowest BCUT2D eigenvalue weighted by Gasteiger charge is -2.13. The number of aliphatic imine (C=N–C) groups is 1. The normalized spacial score (nSPS) is 15.8. The fraction of sp³-hybridized carbons (Fsp3) is 0.280. The summed E-state index contributed by atoms with van der Waals surface area (Å²) in [5.41, 5.74) is 8.32. The Morgan fingerprint density at radius 1 is 1.22 bits per heavy atom. The minimum atomic E-state index is 0.451. The van der Waals surface area contributed by atoms with Gasteiger partial charge >= 0.3 is 0 Å². The van der Waals surface area contributed by atoms with Crippen LogP contribution in [0.2, 0.25) is 0 Å². The van der Waals surface area contributed by atoms with Crippen molar-refractivity contribution in [2.24, 2.45) is 10.9 Å². The number of nitrogens with two attached hydrogens (primary N) is 1. The van der Waals surface area contributed by atoms with Crippen LogP contribution in [0.3, 0.4) is 0 Å². The molecule has 1 aromatic carbocycles. The predicted molar refractivity (Wildman–Crippen MR) is 132 cm³/mol. The zero-order valence-electron chi connectivity index (χ0n) is 19.0. The lowest BCUT2D eigenvalue weighted by atomic mass is 10.0. The zero-order valence-corrected chi connectivity index (χ0v) is 19.0. The lowest BCUT2D eigenvalue weighted by molar-refractivity contribution is 0.435. The number of hydrogen-bond acceptors (Lipinski definition) is 6. The number of rotatable bonds is 6. The summed E-state index contributed by atoms with van der Waals surface area (Å²) in [5.74, 6) is 3.31. The molecule has 1 aliphatic carbocycles. The molecule has 7 heteroatoms. The number of allylic oxidation sites excluding steroid dienone is 5. The van der Waals surface area contributed by atoms with Crippen LogP contribution in [-0.4, -0.2) is 33.4 Å². The van der Waals surface area contributed by atoms with E-state index in [4.69, 9.17) is 15.5 Å². The van der Waals surface area contributed by atoms with Crippen molar-refractivity contribution < 1.29 is 4.74 Å². The maximum atomic E-state index is 6.10. The zero-order chi connectivity index (χ0) is 22.9. The summed E-state index contributed by atoms with van der Waals surface area (Å²) in [6.45, 7) is 6.18. The van der Waals surface area contributed by atoms with Crippen LogP contribution >= 0.6 is 0 Å². The molecular formula is C25H30N6O. The van der Waals surface area contributed by atoms with Gasteiger partial charge in [0.1, 0.15) is 23.2 Å². The molecule has 0 fully saturated rings. The van der Waals surface area contributed by atoms with Gasteiger partial charge in [0.25, 0.3) is 0 Å². The number of hydrogen-bond donors (Lipinski definition) is 2. The van der Waals surface area contributed by atoms with Gasteiger partial charge < -0.3 is 10.5 Å². The molecule has 4 rings (SSSR count). The van der Waals surface area contributed by atoms with Crippen molar-refractivity contribution in [3.63, 3.8) is 0 Å². The molecule has 0 radical (unpaired) electrons. The average molecular weight is 431 g/mol. The molecule has 0 aliphatic heterocycles. The summed E-state index contributed by atoms with van der Waals surface area (Å²) >= 11 is 0. The predicted octanol–water partition coefficient (Wildman–Crippen LogP) is 5.29. The first-order valence-electron chi connectivity index (χ1n) is 10.9. The third-order valence-corrected chi connectivity index (χ3v) is 4.80. The summed E-state index contributed by atoms with van der Waals surface area (Å²) in [4.78, 5) is 13.2. The minimum absolute atomic E-state index is 0.451. The molecule has 0 saturated carbocycles. The van der Waals surface area contributed by atoms with Gasteiger partial charge in [-0.1, -0.05) is 32.9 Å². The molecule has 2 heterocycles. The van der Waals surface area contributed by atoms with Crippen LogP contribution in [-0.2, 0) is 6.42 Å². The minimum Gasteiger partial charge on any atom is -0.458 e. The van der Waals surface area contributed by atoms with Gasteiger partial charge in [-0.15, -0.1) is 0 Å². The van der Waals surface area contributed by atoms with Gasteiger partial charge in [-0.05, 0) is 54.8 Å². The number of nitrogen functional groups attached to an aromatic ring is 1. The highest BCUT2D eigenvalue weighted by Gasteiger charge is 2.15. The van der Waals surface area contributed by atoms with E-state index in [-0.39, 0.29) is 0 Å². The molecule has 7 nitrogen and oxygen atoms in total. The molecule has 2 aromatic heterocycles. The Morgan fingerprint density at radius 3 is 2.69 bits per heavy atom. The van der Waals surface area contributed by atoms with E-state index in [1.807, 2.05) is 56.3 Å². The second-order valence-electron chi connectivity index (χ2n) is 7.17. The number of anilines is 1. The van der Waals surface area contributed by atoms with Gasteiger partial charge in [0.15, 0.2) is 5.65 Å². The van der Waals surface area contributed by atoms with E-state index in [0.717, 1.165) is 34.6 Å². The highest BCUT2D eigenvalue weighted by atomic mass is 16.5. The quantitative estimate of drug-likeness (QED) is 0.518. The number of aromatic amines is 1. The molecule has 166 valence electrons. The molecule has 1 aliphatic rings. The van der Waals surface area contributed by atoms with Gasteiger partial charge in [0, 0.05) is 25.2 Å². The second kappa shape index (κ2) is 11.0. The summed E-state index contributed by atoms with van der Waals surface area (Å²) in [5, 5.41) is 7.75. The van der Waals surface area contributed by atoms with Crippen LogP contribution in [0, 0.1) is 5.92 Å². The molecule has 32 heavy (non-hydrogen) atoms. The molecule has 3 N–H and O–H groups in total. The van der Waals surface area contributed by atoms with Gasteiger partial charge in [0.05, 0.1) is 11.1 Å². The summed E-state index contributed by atoms with van der Waals surface area (Å²) in [7, 11) is 1.73. The second-order valence-corrected chi connectivity index (χ2v) is 7.17. The van der Waals surface area contributed by atoms with Crippen LogP contribution in [0.5, 0.6) is 5.75 Å². The Bertz CT molecular complexity index is 1160.